The van der Waals surface area contributed by atoms with E-state index in [2.05, 4.69) is 20.3 Å². The summed E-state index contributed by atoms with van der Waals surface area (Å²) in [4.78, 5) is 33.8. The lowest BCUT2D eigenvalue weighted by molar-refractivity contribution is -0.119. The lowest BCUT2D eigenvalue weighted by Gasteiger charge is -2.10. The van der Waals surface area contributed by atoms with E-state index >= 15 is 0 Å². The standard InChI is InChI=1S/C16H18Cl2N6O3/c17-12-2-1-3-13(18)11(12)5-14(25)23-15(20)24-16(26)27-7-9(19)4-10-6-21-8-22-10/h1-3,6,8-9H,4-5,7,19H2,(H,21,22)(H3,20,23,24,25,26). The third-order valence-corrected chi connectivity index (χ3v) is 4.04. The lowest BCUT2D eigenvalue weighted by atomic mass is 10.1. The molecule has 0 radical (unpaired) electrons. The van der Waals surface area contributed by atoms with Gasteiger partial charge in [-0.1, -0.05) is 29.3 Å². The largest absolute Gasteiger partial charge is 0.446 e. The summed E-state index contributed by atoms with van der Waals surface area (Å²) in [5.41, 5.74) is 12.6. The second-order valence-corrected chi connectivity index (χ2v) is 6.35. The van der Waals surface area contributed by atoms with Gasteiger partial charge in [-0.25, -0.2) is 9.78 Å². The van der Waals surface area contributed by atoms with E-state index in [-0.39, 0.29) is 13.0 Å². The second-order valence-electron chi connectivity index (χ2n) is 5.54. The summed E-state index contributed by atoms with van der Waals surface area (Å²) in [6, 6.07) is 4.44. The minimum atomic E-state index is -0.969. The number of aliphatic imine (C=N–C) groups is 1. The highest BCUT2D eigenvalue weighted by Crippen LogP contribution is 2.24. The Kier molecular flexibility index (Phi) is 7.59. The van der Waals surface area contributed by atoms with E-state index < -0.39 is 24.0 Å². The fourth-order valence-corrected chi connectivity index (χ4v) is 2.65. The van der Waals surface area contributed by atoms with Gasteiger partial charge in [-0.3, -0.25) is 10.1 Å². The van der Waals surface area contributed by atoms with Crippen LogP contribution in [0.5, 0.6) is 0 Å². The van der Waals surface area contributed by atoms with Crippen LogP contribution in [0.3, 0.4) is 0 Å². The number of hydrogen-bond donors (Lipinski definition) is 4. The number of aromatic nitrogens is 2. The predicted octanol–water partition coefficient (Wildman–Crippen LogP) is 1.40. The molecular formula is C16H18Cl2N6O3. The van der Waals surface area contributed by atoms with Crippen LogP contribution >= 0.6 is 23.2 Å². The summed E-state index contributed by atoms with van der Waals surface area (Å²) in [7, 11) is 0. The minimum absolute atomic E-state index is 0.0716. The van der Waals surface area contributed by atoms with E-state index in [0.717, 1.165) is 5.69 Å². The first kappa shape index (κ1) is 20.7. The summed E-state index contributed by atoms with van der Waals surface area (Å²) >= 11 is 12.0. The van der Waals surface area contributed by atoms with Crippen LogP contribution in [-0.4, -0.2) is 40.6 Å². The van der Waals surface area contributed by atoms with Crippen LogP contribution in [-0.2, 0) is 22.4 Å². The number of nitrogens with zero attached hydrogens (tertiary/aromatic N) is 2. The molecule has 0 aliphatic heterocycles. The number of nitrogens with two attached hydrogens (primary N) is 2. The molecule has 11 heteroatoms. The second kappa shape index (κ2) is 9.91. The number of carbonyl (C=O) groups is 2. The monoisotopic (exact) mass is 412 g/mol. The van der Waals surface area contributed by atoms with Gasteiger partial charge in [0.1, 0.15) is 6.61 Å². The van der Waals surface area contributed by atoms with Gasteiger partial charge in [0.15, 0.2) is 0 Å². The SMILES string of the molecule is NC(=NC(=O)OCC(N)Cc1cnc[nH]1)NC(=O)Cc1c(Cl)cccc1Cl. The number of carbonyl (C=O) groups excluding carboxylic acids is 2. The highest BCUT2D eigenvalue weighted by atomic mass is 35.5. The van der Waals surface area contributed by atoms with Crippen molar-refractivity contribution in [2.75, 3.05) is 6.61 Å². The van der Waals surface area contributed by atoms with E-state index in [1.54, 1.807) is 24.4 Å². The molecule has 0 saturated carbocycles. The molecule has 9 nitrogen and oxygen atoms in total. The zero-order valence-electron chi connectivity index (χ0n) is 14.1. The van der Waals surface area contributed by atoms with Gasteiger partial charge in [0.2, 0.25) is 11.9 Å². The highest BCUT2D eigenvalue weighted by molar-refractivity contribution is 6.36. The third-order valence-electron chi connectivity index (χ3n) is 3.34. The van der Waals surface area contributed by atoms with Crippen LogP contribution in [0.15, 0.2) is 35.7 Å². The average molecular weight is 413 g/mol. The van der Waals surface area contributed by atoms with Crippen LogP contribution in [0, 0.1) is 0 Å². The Morgan fingerprint density at radius 2 is 2.04 bits per heavy atom. The number of H-pyrrole nitrogens is 1. The molecule has 2 amide bonds. The van der Waals surface area contributed by atoms with Crippen molar-refractivity contribution in [3.63, 3.8) is 0 Å². The van der Waals surface area contributed by atoms with Gasteiger partial charge in [0.25, 0.3) is 0 Å². The molecule has 0 aliphatic carbocycles. The van der Waals surface area contributed by atoms with Crippen molar-refractivity contribution in [2.45, 2.75) is 18.9 Å². The minimum Gasteiger partial charge on any atom is -0.446 e. The molecular weight excluding hydrogens is 395 g/mol. The topological polar surface area (TPSA) is 148 Å². The highest BCUT2D eigenvalue weighted by Gasteiger charge is 2.13. The summed E-state index contributed by atoms with van der Waals surface area (Å²) in [6.45, 7) is -0.0716. The zero-order valence-corrected chi connectivity index (χ0v) is 15.6. The quantitative estimate of drug-likeness (QED) is 0.416. The molecule has 27 heavy (non-hydrogen) atoms. The van der Waals surface area contributed by atoms with E-state index in [0.29, 0.717) is 22.0 Å². The van der Waals surface area contributed by atoms with E-state index in [4.69, 9.17) is 39.4 Å². The van der Waals surface area contributed by atoms with Crippen LogP contribution < -0.4 is 16.8 Å². The van der Waals surface area contributed by atoms with Crippen LogP contribution in [0.1, 0.15) is 11.3 Å². The Morgan fingerprint density at radius 3 is 2.67 bits per heavy atom. The van der Waals surface area contributed by atoms with Gasteiger partial charge >= 0.3 is 6.09 Å². The first-order chi connectivity index (χ1) is 12.8. The van der Waals surface area contributed by atoms with Gasteiger partial charge < -0.3 is 21.2 Å². The molecule has 1 unspecified atom stereocenters. The van der Waals surface area contributed by atoms with Crippen molar-refractivity contribution >= 4 is 41.2 Å². The van der Waals surface area contributed by atoms with Crippen LogP contribution in [0.4, 0.5) is 4.79 Å². The van der Waals surface area contributed by atoms with Gasteiger partial charge in [0, 0.05) is 34.4 Å². The zero-order chi connectivity index (χ0) is 19.8. The Hall–Kier alpha value is -2.62. The normalized spacial score (nSPS) is 12.5. The number of ether oxygens (including phenoxy) is 1. The van der Waals surface area contributed by atoms with Crippen molar-refractivity contribution in [3.05, 3.63) is 52.0 Å². The molecule has 1 aromatic heterocycles. The Balaban J connectivity index is 1.80. The summed E-state index contributed by atoms with van der Waals surface area (Å²) in [5, 5.41) is 2.96. The number of rotatable bonds is 6. The number of halogens is 2. The first-order valence-corrected chi connectivity index (χ1v) is 8.57. The summed E-state index contributed by atoms with van der Waals surface area (Å²) in [5.74, 6) is -0.940. The number of guanidine groups is 1. The van der Waals surface area contributed by atoms with Gasteiger partial charge in [-0.05, 0) is 17.7 Å². The number of hydrogen-bond acceptors (Lipinski definition) is 5. The lowest BCUT2D eigenvalue weighted by Crippen LogP contribution is -2.38. The molecule has 2 rings (SSSR count). The Bertz CT molecular complexity index is 805. The van der Waals surface area contributed by atoms with E-state index in [1.165, 1.54) is 6.33 Å². The van der Waals surface area contributed by atoms with Crippen molar-refractivity contribution in [2.24, 2.45) is 16.5 Å². The summed E-state index contributed by atoms with van der Waals surface area (Å²) in [6.07, 6.45) is 2.50. The fourth-order valence-electron chi connectivity index (χ4n) is 2.12. The maximum atomic E-state index is 12.0. The molecule has 1 heterocycles. The van der Waals surface area contributed by atoms with E-state index in [1.807, 2.05) is 0 Å². The van der Waals surface area contributed by atoms with E-state index in [9.17, 15) is 9.59 Å². The molecule has 0 saturated heterocycles. The molecule has 0 aliphatic rings. The van der Waals surface area contributed by atoms with Crippen molar-refractivity contribution in [1.29, 1.82) is 0 Å². The number of nitrogens with one attached hydrogen (secondary N) is 2. The maximum Gasteiger partial charge on any atom is 0.436 e. The molecule has 2 aromatic rings. The number of imidazole rings is 1. The molecule has 144 valence electrons. The maximum absolute atomic E-state index is 12.0. The Labute approximate surface area is 165 Å². The average Bonchev–Trinajstić information content (AvgIpc) is 3.09. The smallest absolute Gasteiger partial charge is 0.436 e. The van der Waals surface area contributed by atoms with Gasteiger partial charge in [-0.15, -0.1) is 4.99 Å². The van der Waals surface area contributed by atoms with Gasteiger partial charge in [-0.2, -0.15) is 0 Å². The molecule has 0 bridgehead atoms. The number of aromatic amines is 1. The van der Waals surface area contributed by atoms with Crippen LogP contribution in [0.25, 0.3) is 0 Å². The first-order valence-electron chi connectivity index (χ1n) is 7.81. The van der Waals surface area contributed by atoms with Gasteiger partial charge in [0.05, 0.1) is 12.7 Å². The predicted molar refractivity (Wildman–Crippen MR) is 102 cm³/mol. The summed E-state index contributed by atoms with van der Waals surface area (Å²) < 4.78 is 4.90. The molecule has 1 atom stereocenters. The third kappa shape index (κ3) is 6.89. The number of amides is 2. The molecule has 0 spiro atoms. The van der Waals surface area contributed by atoms with Crippen LogP contribution in [0.2, 0.25) is 10.0 Å². The van der Waals surface area contributed by atoms with Crippen molar-refractivity contribution in [3.8, 4) is 0 Å². The van der Waals surface area contributed by atoms with Crippen molar-refractivity contribution in [1.82, 2.24) is 15.3 Å². The Morgan fingerprint density at radius 1 is 1.33 bits per heavy atom. The fraction of sp³-hybridized carbons (Fsp3) is 0.250. The number of benzene rings is 1. The molecule has 6 N–H and O–H groups in total. The molecule has 1 aromatic carbocycles. The van der Waals surface area contributed by atoms with Crippen molar-refractivity contribution < 1.29 is 14.3 Å². The molecule has 0 fully saturated rings.